The monoisotopic (exact) mass is 458 g/mol. The third-order valence-electron chi connectivity index (χ3n) is 10.4. The van der Waals surface area contributed by atoms with Crippen LogP contribution < -0.4 is 0 Å². The minimum Gasteiger partial charge on any atom is -0.481 e. The van der Waals surface area contributed by atoms with Gasteiger partial charge in [-0.2, -0.15) is 0 Å². The molecule has 1 N–H and O–H groups in total. The quantitative estimate of drug-likeness (QED) is 0.201. The molecule has 0 aromatic rings. The van der Waals surface area contributed by atoms with Crippen molar-refractivity contribution in [2.45, 2.75) is 105 Å². The summed E-state index contributed by atoms with van der Waals surface area (Å²) in [5.41, 5.74) is -1.13. The Morgan fingerprint density at radius 1 is 1.24 bits per heavy atom. The maximum atomic E-state index is 13.2. The average molecular weight is 459 g/mol. The summed E-state index contributed by atoms with van der Waals surface area (Å²) in [4.78, 5) is 26.3. The zero-order valence-corrected chi connectivity index (χ0v) is 21.6. The van der Waals surface area contributed by atoms with Crippen molar-refractivity contribution in [2.75, 3.05) is 6.61 Å². The lowest BCUT2D eigenvalue weighted by Crippen LogP contribution is -2.58. The zero-order valence-electron chi connectivity index (χ0n) is 21.6. The normalized spacial score (nSPS) is 41.8. The summed E-state index contributed by atoms with van der Waals surface area (Å²) in [6.07, 6.45) is 14.3. The highest BCUT2D eigenvalue weighted by atomic mass is 16.5. The molecular formula is C29H46O4. The summed E-state index contributed by atoms with van der Waals surface area (Å²) in [5, 5.41) is 10.9. The highest BCUT2D eigenvalue weighted by Gasteiger charge is 2.82. The molecule has 0 aliphatic heterocycles. The van der Waals surface area contributed by atoms with Gasteiger partial charge in [-0.25, -0.2) is 0 Å². The second kappa shape index (κ2) is 9.13. The molecule has 0 amide bonds. The van der Waals surface area contributed by atoms with Crippen LogP contribution in [0.3, 0.4) is 0 Å². The minimum absolute atomic E-state index is 0.0236. The van der Waals surface area contributed by atoms with E-state index in [2.05, 4.69) is 40.7 Å². The van der Waals surface area contributed by atoms with Crippen molar-refractivity contribution in [1.29, 1.82) is 0 Å². The average Bonchev–Trinajstić information content (AvgIpc) is 3.36. The van der Waals surface area contributed by atoms with Crippen molar-refractivity contribution in [1.82, 2.24) is 0 Å². The van der Waals surface area contributed by atoms with Crippen molar-refractivity contribution in [3.05, 3.63) is 11.6 Å². The standard InChI is InChI=1S/C29H46O4/c1-6-8-9-10-11-21(7-2)33-18-27-15-24(19(3)4)29(26(31)32)25(27)14-22-20(5)12-13-23(22)28(29,16-27)17-30/h15,17,19-23,25H,6-14,16,18H2,1-5H3,(H,31,32). The molecule has 33 heavy (non-hydrogen) atoms. The first-order valence-electron chi connectivity index (χ1n) is 13.8. The van der Waals surface area contributed by atoms with Crippen LogP contribution in [0.1, 0.15) is 98.8 Å². The highest BCUT2D eigenvalue weighted by Crippen LogP contribution is 2.81. The van der Waals surface area contributed by atoms with E-state index in [1.165, 1.54) is 25.7 Å². The van der Waals surface area contributed by atoms with E-state index in [4.69, 9.17) is 4.74 Å². The van der Waals surface area contributed by atoms with E-state index >= 15 is 0 Å². The number of carbonyl (C=O) groups excluding carboxylic acids is 1. The maximum Gasteiger partial charge on any atom is 0.315 e. The first kappa shape index (κ1) is 24.9. The van der Waals surface area contributed by atoms with Gasteiger partial charge in [0, 0.05) is 5.41 Å². The lowest BCUT2D eigenvalue weighted by atomic mass is 9.47. The van der Waals surface area contributed by atoms with Gasteiger partial charge in [0.2, 0.25) is 0 Å². The summed E-state index contributed by atoms with van der Waals surface area (Å²) in [6.45, 7) is 11.5. The van der Waals surface area contributed by atoms with Crippen LogP contribution in [0.4, 0.5) is 0 Å². The molecule has 0 radical (unpaired) electrons. The molecule has 0 saturated heterocycles. The van der Waals surface area contributed by atoms with Gasteiger partial charge in [0.1, 0.15) is 11.7 Å². The number of carbonyl (C=O) groups is 2. The van der Waals surface area contributed by atoms with Gasteiger partial charge in [0.05, 0.1) is 18.1 Å². The molecule has 0 aromatic carbocycles. The summed E-state index contributed by atoms with van der Waals surface area (Å²) >= 11 is 0. The summed E-state index contributed by atoms with van der Waals surface area (Å²) in [7, 11) is 0. The molecule has 4 bridgehead atoms. The fraction of sp³-hybridized carbons (Fsp3) is 0.862. The Hall–Kier alpha value is -1.16. The van der Waals surface area contributed by atoms with Crippen molar-refractivity contribution in [2.24, 2.45) is 45.8 Å². The van der Waals surface area contributed by atoms with Crippen LogP contribution in [0.5, 0.6) is 0 Å². The minimum atomic E-state index is -1.04. The Bertz CT molecular complexity index is 786. The molecule has 186 valence electrons. The number of unbranched alkanes of at least 4 members (excludes halogenated alkanes) is 3. The molecule has 3 saturated carbocycles. The number of hydrogen-bond acceptors (Lipinski definition) is 3. The SMILES string of the molecule is CCCCCCC(CC)OCC12C=C(C(C)C)C3(C(=O)O)C1CC1C(C)CCC1C3(C=O)C2. The van der Waals surface area contributed by atoms with E-state index in [9.17, 15) is 14.7 Å². The van der Waals surface area contributed by atoms with E-state index in [-0.39, 0.29) is 29.3 Å². The van der Waals surface area contributed by atoms with Gasteiger partial charge in [-0.3, -0.25) is 4.79 Å². The van der Waals surface area contributed by atoms with Crippen LogP contribution in [0.2, 0.25) is 0 Å². The van der Waals surface area contributed by atoms with Crippen LogP contribution in [0, 0.1) is 45.8 Å². The number of carboxylic acid groups (broad SMARTS) is 1. The Morgan fingerprint density at radius 3 is 2.61 bits per heavy atom. The zero-order chi connectivity index (χ0) is 24.0. The Labute approximate surface area is 200 Å². The molecular weight excluding hydrogens is 412 g/mol. The van der Waals surface area contributed by atoms with E-state index in [0.717, 1.165) is 44.0 Å². The van der Waals surface area contributed by atoms with E-state index in [1.807, 2.05) is 0 Å². The highest BCUT2D eigenvalue weighted by molar-refractivity contribution is 5.89. The van der Waals surface area contributed by atoms with Crippen molar-refractivity contribution in [3.63, 3.8) is 0 Å². The van der Waals surface area contributed by atoms with Gasteiger partial charge in [-0.05, 0) is 61.7 Å². The second-order valence-corrected chi connectivity index (χ2v) is 12.2. The number of carboxylic acids is 1. The lowest BCUT2D eigenvalue weighted by molar-refractivity contribution is -0.169. The Morgan fingerprint density at radius 2 is 2.00 bits per heavy atom. The number of rotatable bonds is 12. The van der Waals surface area contributed by atoms with Gasteiger partial charge in [-0.1, -0.05) is 78.4 Å². The van der Waals surface area contributed by atoms with Crippen LogP contribution in [-0.4, -0.2) is 30.1 Å². The molecule has 8 unspecified atom stereocenters. The first-order valence-corrected chi connectivity index (χ1v) is 13.8. The third-order valence-corrected chi connectivity index (χ3v) is 10.4. The topological polar surface area (TPSA) is 63.6 Å². The lowest BCUT2D eigenvalue weighted by Gasteiger charge is -2.53. The summed E-state index contributed by atoms with van der Waals surface area (Å²) < 4.78 is 6.62. The van der Waals surface area contributed by atoms with Crippen LogP contribution in [0.15, 0.2) is 11.6 Å². The third kappa shape index (κ3) is 3.40. The largest absolute Gasteiger partial charge is 0.481 e. The molecule has 0 spiro atoms. The van der Waals surface area contributed by atoms with Gasteiger partial charge in [0.25, 0.3) is 0 Å². The molecule has 4 aliphatic carbocycles. The number of hydrogen-bond donors (Lipinski definition) is 1. The van der Waals surface area contributed by atoms with Crippen molar-refractivity contribution < 1.29 is 19.4 Å². The predicted octanol–water partition coefficient (Wildman–Crippen LogP) is 6.68. The van der Waals surface area contributed by atoms with Crippen molar-refractivity contribution in [3.8, 4) is 0 Å². The molecule has 0 heterocycles. The smallest absolute Gasteiger partial charge is 0.315 e. The van der Waals surface area contributed by atoms with Gasteiger partial charge in [0.15, 0.2) is 0 Å². The Balaban J connectivity index is 1.69. The fourth-order valence-corrected chi connectivity index (χ4v) is 9.00. The van der Waals surface area contributed by atoms with Crippen LogP contribution >= 0.6 is 0 Å². The van der Waals surface area contributed by atoms with E-state index in [0.29, 0.717) is 24.9 Å². The number of aliphatic carboxylic acids is 1. The number of aldehydes is 1. The fourth-order valence-electron chi connectivity index (χ4n) is 9.00. The predicted molar refractivity (Wildman–Crippen MR) is 131 cm³/mol. The molecule has 4 aliphatic rings. The summed E-state index contributed by atoms with van der Waals surface area (Å²) in [6, 6.07) is 0. The van der Waals surface area contributed by atoms with Crippen molar-refractivity contribution >= 4 is 12.3 Å². The van der Waals surface area contributed by atoms with Gasteiger partial charge >= 0.3 is 5.97 Å². The molecule has 8 atom stereocenters. The molecule has 4 nitrogen and oxygen atoms in total. The molecule has 0 aromatic heterocycles. The maximum absolute atomic E-state index is 13.2. The van der Waals surface area contributed by atoms with E-state index < -0.39 is 16.8 Å². The molecule has 4 heteroatoms. The number of ether oxygens (including phenoxy) is 1. The number of fused-ring (bicyclic) bond motifs is 2. The molecule has 4 rings (SSSR count). The Kier molecular flexibility index (Phi) is 6.90. The first-order chi connectivity index (χ1) is 15.7. The molecule has 3 fully saturated rings. The van der Waals surface area contributed by atoms with Crippen LogP contribution in [-0.2, 0) is 14.3 Å². The second-order valence-electron chi connectivity index (χ2n) is 12.2. The van der Waals surface area contributed by atoms with E-state index in [1.54, 1.807) is 0 Å². The van der Waals surface area contributed by atoms with Gasteiger partial charge < -0.3 is 14.6 Å². The van der Waals surface area contributed by atoms with Gasteiger partial charge in [-0.15, -0.1) is 0 Å². The van der Waals surface area contributed by atoms with Crippen LogP contribution in [0.25, 0.3) is 0 Å². The summed E-state index contributed by atoms with van der Waals surface area (Å²) in [5.74, 6) is 0.565.